The van der Waals surface area contributed by atoms with E-state index in [2.05, 4.69) is 33.0 Å². The lowest BCUT2D eigenvalue weighted by molar-refractivity contribution is -0.161. The van der Waals surface area contributed by atoms with E-state index in [4.69, 9.17) is 5.14 Å². The fraction of sp³-hybridized carbons (Fsp3) is 0.960. The Hall–Kier alpha value is -0.700. The van der Waals surface area contributed by atoms with Crippen molar-refractivity contribution >= 4 is 16.1 Å². The number of rotatable bonds is 4. The summed E-state index contributed by atoms with van der Waals surface area (Å²) >= 11 is 0. The zero-order valence-corrected chi connectivity index (χ0v) is 23.4. The highest BCUT2D eigenvalue weighted by molar-refractivity contribution is 7.86. The molecule has 4 N–H and O–H groups in total. The van der Waals surface area contributed by atoms with Gasteiger partial charge >= 0.3 is 0 Å². The van der Waals surface area contributed by atoms with Crippen LogP contribution in [0.5, 0.6) is 0 Å². The number of hydrogen-bond acceptors (Lipinski definition) is 4. The summed E-state index contributed by atoms with van der Waals surface area (Å²) in [6, 6.07) is -0.0311. The number of aliphatic hydroxyl groups is 1. The first-order valence-corrected chi connectivity index (χ1v) is 13.9. The van der Waals surface area contributed by atoms with Gasteiger partial charge in [-0.05, 0) is 60.7 Å². The number of nitrogens with one attached hydrogen (secondary N) is 1. The van der Waals surface area contributed by atoms with Gasteiger partial charge in [0.15, 0.2) is 0 Å². The molecular weight excluding hydrogens is 438 g/mol. The van der Waals surface area contributed by atoms with E-state index in [0.29, 0.717) is 25.2 Å². The van der Waals surface area contributed by atoms with E-state index in [1.807, 2.05) is 34.6 Å². The van der Waals surface area contributed by atoms with Crippen LogP contribution in [0.25, 0.3) is 0 Å². The normalized spacial score (nSPS) is 36.2. The molecule has 2 fully saturated rings. The van der Waals surface area contributed by atoms with Crippen molar-refractivity contribution in [2.45, 2.75) is 107 Å². The predicted octanol–water partition coefficient (Wildman–Crippen LogP) is 3.67. The van der Waals surface area contributed by atoms with Gasteiger partial charge < -0.3 is 10.4 Å². The molecule has 0 bridgehead atoms. The lowest BCUT2D eigenvalue weighted by Gasteiger charge is -2.51. The number of nitrogens with zero attached hydrogens (tertiary/aromatic N) is 1. The Morgan fingerprint density at radius 2 is 1.64 bits per heavy atom. The maximum absolute atomic E-state index is 13.8. The third kappa shape index (κ3) is 5.93. The third-order valence-corrected chi connectivity index (χ3v) is 9.14. The van der Waals surface area contributed by atoms with Gasteiger partial charge in [0, 0.05) is 19.1 Å². The average Bonchev–Trinajstić information content (AvgIpc) is 2.89. The van der Waals surface area contributed by atoms with E-state index in [1.165, 1.54) is 4.31 Å². The van der Waals surface area contributed by atoms with Crippen LogP contribution in [0.2, 0.25) is 0 Å². The molecule has 194 valence electrons. The van der Waals surface area contributed by atoms with Gasteiger partial charge in [-0.15, -0.1) is 0 Å². The van der Waals surface area contributed by atoms with Crippen LogP contribution < -0.4 is 10.5 Å². The molecule has 7 nitrogen and oxygen atoms in total. The van der Waals surface area contributed by atoms with Crippen molar-refractivity contribution in [3.63, 3.8) is 0 Å². The summed E-state index contributed by atoms with van der Waals surface area (Å²) < 4.78 is 26.1. The standard InChI is InChI=1S/C25H49N3O4S/c1-17(2)11-23(8,9)19-13-25(20(29)27-19)18(3)12-21(4,5)15-28(33(26,31)32)16-22(6,7)14-24(25,10)30/h17-19,30H,11-16H2,1-10H3,(H,27,29)(H2,26,31,32). The van der Waals surface area contributed by atoms with Gasteiger partial charge in [0.25, 0.3) is 10.2 Å². The van der Waals surface area contributed by atoms with Gasteiger partial charge in [0.1, 0.15) is 0 Å². The third-order valence-electron chi connectivity index (χ3n) is 8.17. The molecule has 4 unspecified atom stereocenters. The summed E-state index contributed by atoms with van der Waals surface area (Å²) in [6.07, 6.45) is 2.44. The molecule has 0 saturated carbocycles. The number of carbonyl (C=O) groups excluding carboxylic acids is 1. The number of nitrogens with two attached hydrogens (primary N) is 1. The highest BCUT2D eigenvalue weighted by atomic mass is 32.2. The molecule has 2 rings (SSSR count). The Balaban J connectivity index is 2.59. The van der Waals surface area contributed by atoms with Crippen LogP contribution in [-0.4, -0.2) is 48.5 Å². The van der Waals surface area contributed by atoms with Gasteiger partial charge in [-0.25, -0.2) is 5.14 Å². The van der Waals surface area contributed by atoms with E-state index in [-0.39, 0.29) is 36.4 Å². The summed E-state index contributed by atoms with van der Waals surface area (Å²) in [4.78, 5) is 13.8. The summed E-state index contributed by atoms with van der Waals surface area (Å²) in [7, 11) is -3.90. The quantitative estimate of drug-likeness (QED) is 0.561. The van der Waals surface area contributed by atoms with Gasteiger partial charge in [-0.3, -0.25) is 4.79 Å². The number of amides is 1. The van der Waals surface area contributed by atoms with Gasteiger partial charge in [-0.2, -0.15) is 12.7 Å². The van der Waals surface area contributed by atoms with Crippen molar-refractivity contribution in [2.24, 2.45) is 38.6 Å². The van der Waals surface area contributed by atoms with Crippen molar-refractivity contribution in [3.05, 3.63) is 0 Å². The van der Waals surface area contributed by atoms with E-state index in [0.717, 1.165) is 6.42 Å². The second-order valence-corrected chi connectivity index (χ2v) is 15.5. The van der Waals surface area contributed by atoms with Crippen molar-refractivity contribution in [1.29, 1.82) is 0 Å². The fourth-order valence-electron chi connectivity index (χ4n) is 7.24. The van der Waals surface area contributed by atoms with E-state index < -0.39 is 32.1 Å². The summed E-state index contributed by atoms with van der Waals surface area (Å²) in [5.41, 5.74) is -3.38. The minimum Gasteiger partial charge on any atom is -0.389 e. The topological polar surface area (TPSA) is 113 Å². The van der Waals surface area contributed by atoms with Gasteiger partial charge in [0.05, 0.1) is 11.0 Å². The fourth-order valence-corrected chi connectivity index (χ4v) is 8.30. The Morgan fingerprint density at radius 1 is 1.12 bits per heavy atom. The van der Waals surface area contributed by atoms with Crippen molar-refractivity contribution in [1.82, 2.24) is 9.62 Å². The molecule has 0 aromatic heterocycles. The molecule has 2 saturated heterocycles. The minimum absolute atomic E-state index is 0.0311. The maximum Gasteiger partial charge on any atom is 0.276 e. The summed E-state index contributed by atoms with van der Waals surface area (Å²) in [5, 5.41) is 21.0. The monoisotopic (exact) mass is 487 g/mol. The zero-order chi connectivity index (χ0) is 25.8. The lowest BCUT2D eigenvalue weighted by Crippen LogP contribution is -2.59. The van der Waals surface area contributed by atoms with Crippen molar-refractivity contribution in [3.8, 4) is 0 Å². The molecule has 0 aliphatic carbocycles. The molecule has 1 amide bonds. The number of carbonyl (C=O) groups is 1. The molecule has 2 heterocycles. The van der Waals surface area contributed by atoms with Crippen LogP contribution in [0, 0.1) is 33.5 Å². The van der Waals surface area contributed by atoms with Crippen LogP contribution in [0.1, 0.15) is 94.9 Å². The van der Waals surface area contributed by atoms with E-state index >= 15 is 0 Å². The van der Waals surface area contributed by atoms with Crippen LogP contribution >= 0.6 is 0 Å². The molecular formula is C25H49N3O4S. The largest absolute Gasteiger partial charge is 0.389 e. The summed E-state index contributed by atoms with van der Waals surface area (Å²) in [6.45, 7) is 21.0. The lowest BCUT2D eigenvalue weighted by atomic mass is 9.55. The molecule has 2 aliphatic rings. The van der Waals surface area contributed by atoms with Gasteiger partial charge in [-0.1, -0.05) is 62.3 Å². The van der Waals surface area contributed by atoms with Crippen molar-refractivity contribution < 1.29 is 18.3 Å². The maximum atomic E-state index is 13.8. The molecule has 33 heavy (non-hydrogen) atoms. The van der Waals surface area contributed by atoms with Crippen LogP contribution in [-0.2, 0) is 15.0 Å². The molecule has 0 radical (unpaired) electrons. The molecule has 0 aromatic rings. The highest BCUT2D eigenvalue weighted by Crippen LogP contribution is 2.56. The first-order valence-electron chi connectivity index (χ1n) is 12.4. The van der Waals surface area contributed by atoms with E-state index in [1.54, 1.807) is 6.92 Å². The van der Waals surface area contributed by atoms with Crippen LogP contribution in [0.4, 0.5) is 0 Å². The molecule has 2 aliphatic heterocycles. The smallest absolute Gasteiger partial charge is 0.276 e. The second-order valence-electron chi connectivity index (χ2n) is 14.0. The Morgan fingerprint density at radius 3 is 2.12 bits per heavy atom. The zero-order valence-electron chi connectivity index (χ0n) is 22.6. The highest BCUT2D eigenvalue weighted by Gasteiger charge is 2.63. The molecule has 0 aromatic carbocycles. The average molecular weight is 488 g/mol. The van der Waals surface area contributed by atoms with Gasteiger partial charge in [0.2, 0.25) is 5.91 Å². The first kappa shape index (κ1) is 28.5. The molecule has 8 heteroatoms. The Labute approximate surface area is 202 Å². The summed E-state index contributed by atoms with van der Waals surface area (Å²) in [5.74, 6) is 0.272. The minimum atomic E-state index is -3.90. The van der Waals surface area contributed by atoms with E-state index in [9.17, 15) is 18.3 Å². The SMILES string of the molecule is CC(C)CC(C)(C)C1CC2(C(=O)N1)C(C)CC(C)(C)CN(S(N)(=O)=O)CC(C)(C)CC2(C)O. The van der Waals surface area contributed by atoms with Crippen molar-refractivity contribution in [2.75, 3.05) is 13.1 Å². The molecule has 4 atom stereocenters. The molecule has 1 spiro atoms. The predicted molar refractivity (Wildman–Crippen MR) is 133 cm³/mol. The Kier molecular flexibility index (Phi) is 7.57. The number of hydrogen-bond donors (Lipinski definition) is 3. The van der Waals surface area contributed by atoms with Crippen LogP contribution in [0.15, 0.2) is 0 Å². The second kappa shape index (κ2) is 8.75. The first-order chi connectivity index (χ1) is 14.5. The van der Waals surface area contributed by atoms with Crippen LogP contribution in [0.3, 0.4) is 0 Å². The Bertz CT molecular complexity index is 848.